The standard InChI is InChI=1S/C5H11O4P.3H3N/c1-4-5-9-10(6,7-2)8-3;;;/h4-5H,1-3H3;3*1H3. The molecule has 0 radical (unpaired) electrons. The highest BCUT2D eigenvalue weighted by molar-refractivity contribution is 7.48. The molecule has 84 valence electrons. The quantitative estimate of drug-likeness (QED) is 0.483. The summed E-state index contributed by atoms with van der Waals surface area (Å²) < 4.78 is 24.5. The zero-order valence-electron chi connectivity index (χ0n) is 8.36. The minimum Gasteiger partial charge on any atom is -0.412 e. The van der Waals surface area contributed by atoms with Crippen molar-refractivity contribution in [3.63, 3.8) is 0 Å². The highest BCUT2D eigenvalue weighted by Crippen LogP contribution is 2.47. The van der Waals surface area contributed by atoms with E-state index in [1.54, 1.807) is 13.0 Å². The van der Waals surface area contributed by atoms with E-state index in [1.165, 1.54) is 20.5 Å². The summed E-state index contributed by atoms with van der Waals surface area (Å²) in [6, 6.07) is 0. The Balaban J connectivity index is -0.000000135. The molecule has 7 nitrogen and oxygen atoms in total. The first-order valence-electron chi connectivity index (χ1n) is 2.69. The first-order valence-corrected chi connectivity index (χ1v) is 4.15. The van der Waals surface area contributed by atoms with E-state index in [1.807, 2.05) is 0 Å². The maximum absolute atomic E-state index is 11.0. The molecule has 0 saturated heterocycles. The Morgan fingerprint density at radius 3 is 1.69 bits per heavy atom. The molecule has 0 spiro atoms. The molecule has 0 heterocycles. The summed E-state index contributed by atoms with van der Waals surface area (Å²) in [7, 11) is -0.769. The highest BCUT2D eigenvalue weighted by atomic mass is 31.2. The van der Waals surface area contributed by atoms with Crippen LogP contribution in [0.2, 0.25) is 0 Å². The van der Waals surface area contributed by atoms with Gasteiger partial charge in [-0.3, -0.25) is 9.05 Å². The summed E-state index contributed by atoms with van der Waals surface area (Å²) in [5.41, 5.74) is 0. The lowest BCUT2D eigenvalue weighted by Gasteiger charge is -2.09. The van der Waals surface area contributed by atoms with Gasteiger partial charge in [0.2, 0.25) is 0 Å². The Morgan fingerprint density at radius 2 is 1.46 bits per heavy atom. The van der Waals surface area contributed by atoms with Gasteiger partial charge in [-0.2, -0.15) is 0 Å². The maximum atomic E-state index is 11.0. The van der Waals surface area contributed by atoms with Gasteiger partial charge in [-0.05, 0) is 6.92 Å². The van der Waals surface area contributed by atoms with Crippen LogP contribution in [0.15, 0.2) is 12.3 Å². The molecule has 0 aliphatic heterocycles. The Morgan fingerprint density at radius 1 is 1.08 bits per heavy atom. The van der Waals surface area contributed by atoms with E-state index < -0.39 is 7.82 Å². The molecule has 0 aromatic rings. The first-order chi connectivity index (χ1) is 4.68. The zero-order valence-corrected chi connectivity index (χ0v) is 9.25. The van der Waals surface area contributed by atoms with Gasteiger partial charge < -0.3 is 23.0 Å². The molecule has 0 unspecified atom stereocenters. The number of hydrogen-bond donors (Lipinski definition) is 3. The molecule has 0 saturated carbocycles. The number of rotatable bonds is 4. The summed E-state index contributed by atoms with van der Waals surface area (Å²) in [6.07, 6.45) is 2.85. The van der Waals surface area contributed by atoms with Crippen molar-refractivity contribution in [3.05, 3.63) is 12.3 Å². The van der Waals surface area contributed by atoms with Gasteiger partial charge in [-0.15, -0.1) is 0 Å². The predicted molar refractivity (Wildman–Crippen MR) is 52.6 cm³/mol. The molecule has 0 bridgehead atoms. The summed E-state index contributed by atoms with van der Waals surface area (Å²) in [5.74, 6) is 0. The molecule has 13 heavy (non-hydrogen) atoms. The third-order valence-corrected chi connectivity index (χ3v) is 2.05. The molecule has 0 aliphatic carbocycles. The van der Waals surface area contributed by atoms with Crippen molar-refractivity contribution < 1.29 is 18.1 Å². The van der Waals surface area contributed by atoms with Crippen molar-refractivity contribution in [2.75, 3.05) is 14.2 Å². The van der Waals surface area contributed by atoms with Gasteiger partial charge in [-0.1, -0.05) is 6.08 Å². The Bertz CT molecular complexity index is 156. The molecule has 0 amide bonds. The Hall–Kier alpha value is -0.430. The third-order valence-electron chi connectivity index (χ3n) is 0.773. The Kier molecular flexibility index (Phi) is 20.4. The van der Waals surface area contributed by atoms with Crippen LogP contribution < -0.4 is 18.5 Å². The second-order valence-electron chi connectivity index (χ2n) is 1.39. The summed E-state index contributed by atoms with van der Waals surface area (Å²) >= 11 is 0. The lowest BCUT2D eigenvalue weighted by Crippen LogP contribution is -1.88. The molecule has 0 atom stereocenters. The molecule has 8 heteroatoms. The van der Waals surface area contributed by atoms with E-state index in [-0.39, 0.29) is 18.5 Å². The molecule has 9 N–H and O–H groups in total. The van der Waals surface area contributed by atoms with Crippen LogP contribution in [-0.4, -0.2) is 14.2 Å². The van der Waals surface area contributed by atoms with Gasteiger partial charge in [0.1, 0.15) is 0 Å². The van der Waals surface area contributed by atoms with Crippen LogP contribution in [0.1, 0.15) is 6.92 Å². The van der Waals surface area contributed by atoms with Crippen LogP contribution in [0, 0.1) is 0 Å². The van der Waals surface area contributed by atoms with Crippen molar-refractivity contribution in [1.82, 2.24) is 18.5 Å². The summed E-state index contributed by atoms with van der Waals surface area (Å²) in [4.78, 5) is 0. The molecule has 0 fully saturated rings. The molecular formula is C5H20N3O4P. The third kappa shape index (κ3) is 9.48. The predicted octanol–water partition coefficient (Wildman–Crippen LogP) is 2.42. The number of phosphoric ester groups is 1. The monoisotopic (exact) mass is 217 g/mol. The summed E-state index contributed by atoms with van der Waals surface area (Å²) in [6.45, 7) is 1.73. The van der Waals surface area contributed by atoms with E-state index in [4.69, 9.17) is 0 Å². The SMILES string of the molecule is CC=COP(=O)(OC)OC.N.N.N. The van der Waals surface area contributed by atoms with Crippen LogP contribution in [0.3, 0.4) is 0 Å². The highest BCUT2D eigenvalue weighted by Gasteiger charge is 2.21. The average Bonchev–Trinajstić information content (AvgIpc) is 2.00. The fourth-order valence-corrected chi connectivity index (χ4v) is 0.888. The van der Waals surface area contributed by atoms with Crippen LogP contribution in [0.5, 0.6) is 0 Å². The number of hydrogen-bond acceptors (Lipinski definition) is 7. The molecule has 0 rings (SSSR count). The van der Waals surface area contributed by atoms with Crippen molar-refractivity contribution >= 4 is 7.82 Å². The summed E-state index contributed by atoms with van der Waals surface area (Å²) in [5, 5.41) is 0. The van der Waals surface area contributed by atoms with Crippen molar-refractivity contribution in [1.29, 1.82) is 0 Å². The van der Waals surface area contributed by atoms with E-state index in [9.17, 15) is 4.57 Å². The molecule has 0 aromatic heterocycles. The van der Waals surface area contributed by atoms with Gasteiger partial charge in [0, 0.05) is 14.2 Å². The van der Waals surface area contributed by atoms with Crippen molar-refractivity contribution in [3.8, 4) is 0 Å². The average molecular weight is 217 g/mol. The lowest BCUT2D eigenvalue weighted by molar-refractivity contribution is 0.193. The minimum atomic E-state index is -3.28. The van der Waals surface area contributed by atoms with Gasteiger partial charge in [0.15, 0.2) is 0 Å². The van der Waals surface area contributed by atoms with Gasteiger partial charge in [0.05, 0.1) is 6.26 Å². The van der Waals surface area contributed by atoms with Crippen molar-refractivity contribution in [2.24, 2.45) is 0 Å². The van der Waals surface area contributed by atoms with Gasteiger partial charge in [0.25, 0.3) is 0 Å². The molecular weight excluding hydrogens is 197 g/mol. The Labute approximate surface area is 78.8 Å². The van der Waals surface area contributed by atoms with E-state index in [0.717, 1.165) is 0 Å². The van der Waals surface area contributed by atoms with Crippen LogP contribution in [-0.2, 0) is 18.1 Å². The van der Waals surface area contributed by atoms with Gasteiger partial charge in [-0.25, -0.2) is 4.57 Å². The largest absolute Gasteiger partial charge is 0.528 e. The van der Waals surface area contributed by atoms with E-state index in [0.29, 0.717) is 0 Å². The van der Waals surface area contributed by atoms with Gasteiger partial charge >= 0.3 is 7.82 Å². The minimum absolute atomic E-state index is 0. The molecule has 0 aromatic carbocycles. The molecule has 0 aliphatic rings. The normalized spacial score (nSPS) is 9.46. The fraction of sp³-hybridized carbons (Fsp3) is 0.600. The zero-order chi connectivity index (χ0) is 8.04. The lowest BCUT2D eigenvalue weighted by atomic mass is 10.8. The van der Waals surface area contributed by atoms with E-state index >= 15 is 0 Å². The maximum Gasteiger partial charge on any atom is 0.528 e. The van der Waals surface area contributed by atoms with Crippen molar-refractivity contribution in [2.45, 2.75) is 6.92 Å². The number of allylic oxidation sites excluding steroid dienone is 1. The first kappa shape index (κ1) is 22.9. The second kappa shape index (κ2) is 11.6. The van der Waals surface area contributed by atoms with E-state index in [2.05, 4.69) is 13.6 Å². The van der Waals surface area contributed by atoms with Crippen LogP contribution in [0.25, 0.3) is 0 Å². The fourth-order valence-electron chi connectivity index (χ4n) is 0.296. The smallest absolute Gasteiger partial charge is 0.412 e. The second-order valence-corrected chi connectivity index (χ2v) is 3.22. The van der Waals surface area contributed by atoms with Crippen LogP contribution in [0.4, 0.5) is 0 Å². The topological polar surface area (TPSA) is 150 Å². The number of phosphoric acid groups is 1. The van der Waals surface area contributed by atoms with Crippen LogP contribution >= 0.6 is 7.82 Å².